The van der Waals surface area contributed by atoms with Gasteiger partial charge in [0.1, 0.15) is 0 Å². The van der Waals surface area contributed by atoms with Crippen LogP contribution in [-0.2, 0) is 0 Å². The Morgan fingerprint density at radius 2 is 1.90 bits per heavy atom. The monoisotopic (exact) mass is 137 g/mol. The Labute approximate surface area is 63.1 Å². The van der Waals surface area contributed by atoms with E-state index in [1.807, 2.05) is 27.0 Å². The van der Waals surface area contributed by atoms with Crippen LogP contribution in [-0.4, -0.2) is 7.05 Å². The minimum Gasteiger partial charge on any atom is -0.388 e. The average molecular weight is 137 g/mol. The van der Waals surface area contributed by atoms with E-state index < -0.39 is 0 Å². The second kappa shape index (κ2) is 3.94. The van der Waals surface area contributed by atoms with Crippen molar-refractivity contribution in [2.45, 2.75) is 13.8 Å². The first kappa shape index (κ1) is 9.02. The molecular formula is C9H15N. The molecule has 0 heterocycles. The van der Waals surface area contributed by atoms with Crippen molar-refractivity contribution in [2.75, 3.05) is 7.05 Å². The molecule has 0 saturated heterocycles. The summed E-state index contributed by atoms with van der Waals surface area (Å²) in [5.41, 5.74) is 3.29. The summed E-state index contributed by atoms with van der Waals surface area (Å²) in [5, 5.41) is 2.98. The average Bonchev–Trinajstić information content (AvgIpc) is 2.00. The van der Waals surface area contributed by atoms with Gasteiger partial charge < -0.3 is 5.32 Å². The molecule has 0 fully saturated rings. The maximum Gasteiger partial charge on any atom is 0.0296 e. The zero-order valence-electron chi connectivity index (χ0n) is 6.99. The van der Waals surface area contributed by atoms with E-state index in [9.17, 15) is 0 Å². The molecule has 0 radical (unpaired) electrons. The van der Waals surface area contributed by atoms with Gasteiger partial charge in [-0.15, -0.1) is 0 Å². The Hall–Kier alpha value is -0.980. The van der Waals surface area contributed by atoms with E-state index >= 15 is 0 Å². The van der Waals surface area contributed by atoms with E-state index in [1.165, 1.54) is 5.57 Å². The lowest BCUT2D eigenvalue weighted by atomic mass is 10.1. The van der Waals surface area contributed by atoms with Crippen molar-refractivity contribution in [3.8, 4) is 0 Å². The van der Waals surface area contributed by atoms with Crippen molar-refractivity contribution >= 4 is 0 Å². The van der Waals surface area contributed by atoms with E-state index in [1.54, 1.807) is 0 Å². The van der Waals surface area contributed by atoms with Crippen molar-refractivity contribution in [1.82, 2.24) is 5.32 Å². The SMILES string of the molecule is C=C/C(C)=C(/C)C(=C)NC. The second-order valence-corrected chi connectivity index (χ2v) is 2.24. The van der Waals surface area contributed by atoms with E-state index in [0.29, 0.717) is 0 Å². The van der Waals surface area contributed by atoms with Gasteiger partial charge >= 0.3 is 0 Å². The van der Waals surface area contributed by atoms with Crippen LogP contribution in [0.2, 0.25) is 0 Å². The van der Waals surface area contributed by atoms with Crippen molar-refractivity contribution in [2.24, 2.45) is 0 Å². The van der Waals surface area contributed by atoms with Crippen LogP contribution in [0.25, 0.3) is 0 Å². The first-order valence-corrected chi connectivity index (χ1v) is 3.30. The highest BCUT2D eigenvalue weighted by atomic mass is 14.8. The lowest BCUT2D eigenvalue weighted by Gasteiger charge is -2.06. The van der Waals surface area contributed by atoms with Gasteiger partial charge in [0, 0.05) is 12.7 Å². The molecule has 0 aromatic rings. The van der Waals surface area contributed by atoms with Gasteiger partial charge in [0.05, 0.1) is 0 Å². The van der Waals surface area contributed by atoms with Crippen molar-refractivity contribution in [3.63, 3.8) is 0 Å². The van der Waals surface area contributed by atoms with Gasteiger partial charge in [-0.05, 0) is 25.0 Å². The molecule has 1 nitrogen and oxygen atoms in total. The smallest absolute Gasteiger partial charge is 0.0296 e. The van der Waals surface area contributed by atoms with E-state index in [-0.39, 0.29) is 0 Å². The Balaban J connectivity index is 4.45. The van der Waals surface area contributed by atoms with Crippen LogP contribution in [0.15, 0.2) is 36.1 Å². The van der Waals surface area contributed by atoms with E-state index in [0.717, 1.165) is 11.3 Å². The van der Waals surface area contributed by atoms with Gasteiger partial charge in [-0.3, -0.25) is 0 Å². The zero-order valence-corrected chi connectivity index (χ0v) is 6.99. The standard InChI is InChI=1S/C9H15N/c1-6-7(2)8(3)9(4)10-5/h6,10H,1,4H2,2-3,5H3/b8-7-. The molecule has 0 bridgehead atoms. The normalized spacial score (nSPS) is 11.9. The highest BCUT2D eigenvalue weighted by Gasteiger charge is 1.94. The molecule has 0 aliphatic rings. The Morgan fingerprint density at radius 1 is 1.40 bits per heavy atom. The quantitative estimate of drug-likeness (QED) is 0.588. The summed E-state index contributed by atoms with van der Waals surface area (Å²) in [6.45, 7) is 11.5. The first-order chi connectivity index (χ1) is 4.63. The van der Waals surface area contributed by atoms with Crippen LogP contribution in [0.1, 0.15) is 13.8 Å². The maximum absolute atomic E-state index is 3.83. The predicted octanol–water partition coefficient (Wildman–Crippen LogP) is 2.24. The van der Waals surface area contributed by atoms with Gasteiger partial charge in [-0.25, -0.2) is 0 Å². The fraction of sp³-hybridized carbons (Fsp3) is 0.333. The lowest BCUT2D eigenvalue weighted by molar-refractivity contribution is 0.998. The molecular weight excluding hydrogens is 122 g/mol. The minimum atomic E-state index is 0.956. The number of hydrogen-bond donors (Lipinski definition) is 1. The molecule has 1 N–H and O–H groups in total. The lowest BCUT2D eigenvalue weighted by Crippen LogP contribution is -2.05. The molecule has 56 valence electrons. The third kappa shape index (κ3) is 2.09. The first-order valence-electron chi connectivity index (χ1n) is 3.30. The third-order valence-corrected chi connectivity index (χ3v) is 1.65. The molecule has 10 heavy (non-hydrogen) atoms. The van der Waals surface area contributed by atoms with Gasteiger partial charge in [-0.1, -0.05) is 19.2 Å². The molecule has 0 atom stereocenters. The van der Waals surface area contributed by atoms with Gasteiger partial charge in [0.25, 0.3) is 0 Å². The highest BCUT2D eigenvalue weighted by Crippen LogP contribution is 2.09. The maximum atomic E-state index is 3.83. The third-order valence-electron chi connectivity index (χ3n) is 1.65. The number of rotatable bonds is 3. The van der Waals surface area contributed by atoms with Crippen LogP contribution in [0.3, 0.4) is 0 Å². The summed E-state index contributed by atoms with van der Waals surface area (Å²) in [5.74, 6) is 0. The summed E-state index contributed by atoms with van der Waals surface area (Å²) in [7, 11) is 1.86. The Bertz CT molecular complexity index is 175. The van der Waals surface area contributed by atoms with Crippen LogP contribution in [0, 0.1) is 0 Å². The predicted molar refractivity (Wildman–Crippen MR) is 46.8 cm³/mol. The van der Waals surface area contributed by atoms with Crippen LogP contribution in [0.4, 0.5) is 0 Å². The largest absolute Gasteiger partial charge is 0.388 e. The summed E-state index contributed by atoms with van der Waals surface area (Å²) >= 11 is 0. The van der Waals surface area contributed by atoms with Crippen LogP contribution >= 0.6 is 0 Å². The molecule has 0 spiro atoms. The van der Waals surface area contributed by atoms with Crippen molar-refractivity contribution in [3.05, 3.63) is 36.1 Å². The molecule has 0 aliphatic carbocycles. The summed E-state index contributed by atoms with van der Waals surface area (Å²) in [6.07, 6.45) is 1.83. The number of hydrogen-bond acceptors (Lipinski definition) is 1. The topological polar surface area (TPSA) is 12.0 Å². The molecule has 1 heteroatoms. The number of likely N-dealkylation sites (N-methyl/N-ethyl adjacent to an activating group) is 1. The molecule has 0 aromatic heterocycles. The van der Waals surface area contributed by atoms with Crippen molar-refractivity contribution in [1.29, 1.82) is 0 Å². The Morgan fingerprint density at radius 3 is 2.20 bits per heavy atom. The summed E-state index contributed by atoms with van der Waals surface area (Å²) in [4.78, 5) is 0. The van der Waals surface area contributed by atoms with Gasteiger partial charge in [0.2, 0.25) is 0 Å². The van der Waals surface area contributed by atoms with Crippen LogP contribution in [0.5, 0.6) is 0 Å². The zero-order chi connectivity index (χ0) is 8.15. The summed E-state index contributed by atoms with van der Waals surface area (Å²) in [6, 6.07) is 0. The van der Waals surface area contributed by atoms with E-state index in [2.05, 4.69) is 18.5 Å². The molecule has 0 aliphatic heterocycles. The molecule has 0 saturated carbocycles. The summed E-state index contributed by atoms with van der Waals surface area (Å²) < 4.78 is 0. The molecule has 0 unspecified atom stereocenters. The number of allylic oxidation sites excluding steroid dienone is 3. The molecule has 0 aromatic carbocycles. The highest BCUT2D eigenvalue weighted by molar-refractivity contribution is 5.33. The fourth-order valence-corrected chi connectivity index (χ4v) is 0.579. The second-order valence-electron chi connectivity index (χ2n) is 2.24. The van der Waals surface area contributed by atoms with Gasteiger partial charge in [-0.2, -0.15) is 0 Å². The number of nitrogens with one attached hydrogen (secondary N) is 1. The Kier molecular flexibility index (Phi) is 3.55. The fourth-order valence-electron chi connectivity index (χ4n) is 0.579. The van der Waals surface area contributed by atoms with Gasteiger partial charge in [0.15, 0.2) is 0 Å². The minimum absolute atomic E-state index is 0.956. The van der Waals surface area contributed by atoms with Crippen molar-refractivity contribution < 1.29 is 0 Å². The van der Waals surface area contributed by atoms with Crippen LogP contribution < -0.4 is 5.32 Å². The van der Waals surface area contributed by atoms with E-state index in [4.69, 9.17) is 0 Å². The molecule has 0 rings (SSSR count). The molecule has 0 amide bonds.